The van der Waals surface area contributed by atoms with Gasteiger partial charge < -0.3 is 11.5 Å². The van der Waals surface area contributed by atoms with Crippen LogP contribution in [0.15, 0.2) is 29.3 Å². The van der Waals surface area contributed by atoms with Crippen molar-refractivity contribution >= 4 is 5.96 Å². The van der Waals surface area contributed by atoms with Crippen molar-refractivity contribution in [3.63, 3.8) is 0 Å². The lowest BCUT2D eigenvalue weighted by Gasteiger charge is -2.32. The molecule has 1 saturated carbocycles. The molecule has 1 aromatic rings. The Labute approximate surface area is 88.0 Å². The molecule has 3 nitrogen and oxygen atoms in total. The normalized spacial score (nSPS) is 24.3. The van der Waals surface area contributed by atoms with E-state index < -0.39 is 0 Å². The zero-order chi connectivity index (χ0) is 10.8. The molecule has 4 N–H and O–H groups in total. The third kappa shape index (κ3) is 2.26. The Bertz CT molecular complexity index is 362. The Morgan fingerprint density at radius 1 is 1.20 bits per heavy atom. The van der Waals surface area contributed by atoms with E-state index in [2.05, 4.69) is 4.99 Å². The standard InChI is InChI=1S/C11H14FN3/c12-9-3-1-7(2-4-9)8-5-10(6-8)15-11(13)14/h1-4,8,10H,5-6H2,(H4,13,14,15). The summed E-state index contributed by atoms with van der Waals surface area (Å²) >= 11 is 0. The van der Waals surface area contributed by atoms with Gasteiger partial charge in [0, 0.05) is 0 Å². The highest BCUT2D eigenvalue weighted by Gasteiger charge is 2.29. The third-order valence-corrected chi connectivity index (χ3v) is 2.79. The number of benzene rings is 1. The van der Waals surface area contributed by atoms with Crippen LogP contribution < -0.4 is 11.5 Å². The summed E-state index contributed by atoms with van der Waals surface area (Å²) in [6.45, 7) is 0. The summed E-state index contributed by atoms with van der Waals surface area (Å²) in [5, 5.41) is 0. The highest BCUT2D eigenvalue weighted by molar-refractivity contribution is 5.76. The molecular formula is C11H14FN3. The number of hydrogen-bond acceptors (Lipinski definition) is 1. The van der Waals surface area contributed by atoms with Crippen molar-refractivity contribution in [3.05, 3.63) is 35.6 Å². The molecule has 0 aliphatic heterocycles. The maximum Gasteiger partial charge on any atom is 0.186 e. The van der Waals surface area contributed by atoms with Gasteiger partial charge in [-0.05, 0) is 36.5 Å². The van der Waals surface area contributed by atoms with Gasteiger partial charge in [-0.2, -0.15) is 0 Å². The lowest BCUT2D eigenvalue weighted by Crippen LogP contribution is -2.31. The molecule has 0 radical (unpaired) electrons. The molecule has 1 aromatic carbocycles. The van der Waals surface area contributed by atoms with Crippen LogP contribution in [0.3, 0.4) is 0 Å². The second-order valence-electron chi connectivity index (χ2n) is 3.93. The smallest absolute Gasteiger partial charge is 0.186 e. The second kappa shape index (κ2) is 3.88. The van der Waals surface area contributed by atoms with Gasteiger partial charge in [0.15, 0.2) is 5.96 Å². The van der Waals surface area contributed by atoms with Gasteiger partial charge in [-0.3, -0.25) is 4.99 Å². The molecule has 0 unspecified atom stereocenters. The predicted molar refractivity (Wildman–Crippen MR) is 58.0 cm³/mol. The predicted octanol–water partition coefficient (Wildman–Crippen LogP) is 1.35. The summed E-state index contributed by atoms with van der Waals surface area (Å²) in [4.78, 5) is 4.07. The first kappa shape index (κ1) is 9.96. The zero-order valence-corrected chi connectivity index (χ0v) is 8.36. The lowest BCUT2D eigenvalue weighted by molar-refractivity contribution is 0.353. The van der Waals surface area contributed by atoms with Crippen LogP contribution in [0, 0.1) is 5.82 Å². The van der Waals surface area contributed by atoms with Crippen LogP contribution in [0.1, 0.15) is 24.3 Å². The summed E-state index contributed by atoms with van der Waals surface area (Å²) in [7, 11) is 0. The van der Waals surface area contributed by atoms with E-state index in [9.17, 15) is 4.39 Å². The molecule has 0 spiro atoms. The molecule has 0 heterocycles. The molecule has 4 heteroatoms. The van der Waals surface area contributed by atoms with E-state index in [0.29, 0.717) is 5.92 Å². The second-order valence-corrected chi connectivity index (χ2v) is 3.93. The van der Waals surface area contributed by atoms with E-state index in [1.807, 2.05) is 12.1 Å². The van der Waals surface area contributed by atoms with Crippen LogP contribution in [0.25, 0.3) is 0 Å². The van der Waals surface area contributed by atoms with Crippen molar-refractivity contribution in [1.82, 2.24) is 0 Å². The van der Waals surface area contributed by atoms with Gasteiger partial charge in [0.1, 0.15) is 5.82 Å². The molecule has 0 bridgehead atoms. The fraction of sp³-hybridized carbons (Fsp3) is 0.364. The van der Waals surface area contributed by atoms with Crippen molar-refractivity contribution in [3.8, 4) is 0 Å². The Hall–Kier alpha value is -1.58. The summed E-state index contributed by atoms with van der Waals surface area (Å²) in [5.74, 6) is 0.426. The average Bonchev–Trinajstić information content (AvgIpc) is 2.12. The molecule has 0 atom stereocenters. The summed E-state index contributed by atoms with van der Waals surface area (Å²) in [5.41, 5.74) is 11.7. The first-order valence-corrected chi connectivity index (χ1v) is 4.99. The average molecular weight is 207 g/mol. The quantitative estimate of drug-likeness (QED) is 0.568. The largest absolute Gasteiger partial charge is 0.370 e. The minimum absolute atomic E-state index is 0.151. The molecule has 1 fully saturated rings. The van der Waals surface area contributed by atoms with E-state index in [-0.39, 0.29) is 17.8 Å². The monoisotopic (exact) mass is 207 g/mol. The highest BCUT2D eigenvalue weighted by atomic mass is 19.1. The Morgan fingerprint density at radius 3 is 2.33 bits per heavy atom. The van der Waals surface area contributed by atoms with Crippen LogP contribution in [0.4, 0.5) is 4.39 Å². The molecule has 15 heavy (non-hydrogen) atoms. The van der Waals surface area contributed by atoms with Gasteiger partial charge in [-0.25, -0.2) is 4.39 Å². The van der Waals surface area contributed by atoms with Gasteiger partial charge in [0.2, 0.25) is 0 Å². The first-order chi connectivity index (χ1) is 7.15. The SMILES string of the molecule is NC(N)=NC1CC(c2ccc(F)cc2)C1. The van der Waals surface area contributed by atoms with Gasteiger partial charge >= 0.3 is 0 Å². The molecular weight excluding hydrogens is 193 g/mol. The third-order valence-electron chi connectivity index (χ3n) is 2.79. The molecule has 1 aliphatic carbocycles. The summed E-state index contributed by atoms with van der Waals surface area (Å²) in [6, 6.07) is 6.87. The number of hydrogen-bond donors (Lipinski definition) is 2. The van der Waals surface area contributed by atoms with Crippen molar-refractivity contribution < 1.29 is 4.39 Å². The number of guanidine groups is 1. The molecule has 0 aromatic heterocycles. The Morgan fingerprint density at radius 2 is 1.80 bits per heavy atom. The maximum atomic E-state index is 12.7. The van der Waals surface area contributed by atoms with E-state index in [1.165, 1.54) is 17.7 Å². The first-order valence-electron chi connectivity index (χ1n) is 4.99. The number of rotatable bonds is 2. The topological polar surface area (TPSA) is 64.4 Å². The van der Waals surface area contributed by atoms with Crippen molar-refractivity contribution in [1.29, 1.82) is 0 Å². The highest BCUT2D eigenvalue weighted by Crippen LogP contribution is 2.38. The van der Waals surface area contributed by atoms with E-state index in [4.69, 9.17) is 11.5 Å². The van der Waals surface area contributed by atoms with Gasteiger partial charge in [-0.15, -0.1) is 0 Å². The van der Waals surface area contributed by atoms with E-state index >= 15 is 0 Å². The fourth-order valence-electron chi connectivity index (χ4n) is 1.91. The van der Waals surface area contributed by atoms with Crippen molar-refractivity contribution in [2.24, 2.45) is 16.5 Å². The summed E-state index contributed by atoms with van der Waals surface area (Å²) in [6.07, 6.45) is 1.90. The van der Waals surface area contributed by atoms with Crippen LogP contribution in [-0.2, 0) is 0 Å². The van der Waals surface area contributed by atoms with Crippen molar-refractivity contribution in [2.75, 3.05) is 0 Å². The molecule has 0 saturated heterocycles. The van der Waals surface area contributed by atoms with Gasteiger partial charge in [-0.1, -0.05) is 12.1 Å². The van der Waals surface area contributed by atoms with Gasteiger partial charge in [0.05, 0.1) is 6.04 Å². The lowest BCUT2D eigenvalue weighted by atomic mass is 9.76. The number of halogens is 1. The van der Waals surface area contributed by atoms with Crippen LogP contribution in [-0.4, -0.2) is 12.0 Å². The van der Waals surface area contributed by atoms with Crippen molar-refractivity contribution in [2.45, 2.75) is 24.8 Å². The molecule has 2 rings (SSSR count). The molecule has 1 aliphatic rings. The minimum atomic E-state index is -0.196. The van der Waals surface area contributed by atoms with Crippen LogP contribution in [0.2, 0.25) is 0 Å². The summed E-state index contributed by atoms with van der Waals surface area (Å²) < 4.78 is 12.7. The molecule has 0 amide bonds. The van der Waals surface area contributed by atoms with Crippen LogP contribution >= 0.6 is 0 Å². The van der Waals surface area contributed by atoms with Gasteiger partial charge in [0.25, 0.3) is 0 Å². The minimum Gasteiger partial charge on any atom is -0.370 e. The van der Waals surface area contributed by atoms with E-state index in [1.54, 1.807) is 0 Å². The Kier molecular flexibility index (Phi) is 2.58. The van der Waals surface area contributed by atoms with E-state index in [0.717, 1.165) is 12.8 Å². The number of nitrogens with zero attached hydrogens (tertiary/aromatic N) is 1. The number of aliphatic imine (C=N–C) groups is 1. The fourth-order valence-corrected chi connectivity index (χ4v) is 1.91. The molecule has 80 valence electrons. The zero-order valence-electron chi connectivity index (χ0n) is 8.36. The number of nitrogens with two attached hydrogens (primary N) is 2. The Balaban J connectivity index is 1.94. The van der Waals surface area contributed by atoms with Crippen LogP contribution in [0.5, 0.6) is 0 Å². The maximum absolute atomic E-state index is 12.7.